The zero-order chi connectivity index (χ0) is 10.7. The third-order valence-corrected chi connectivity index (χ3v) is 1.70. The molecule has 0 aliphatic carbocycles. The summed E-state index contributed by atoms with van der Waals surface area (Å²) >= 11 is 0. The van der Waals surface area contributed by atoms with E-state index >= 15 is 0 Å². The Labute approximate surface area is 73.3 Å². The van der Waals surface area contributed by atoms with Crippen LogP contribution in [0.5, 0.6) is 0 Å². The normalized spacial score (nSPS) is 15.9. The maximum atomic E-state index is 12.2. The van der Waals surface area contributed by atoms with Gasteiger partial charge in [-0.15, -0.1) is 0 Å². The Balaban J connectivity index is 4.04. The van der Waals surface area contributed by atoms with Crippen molar-refractivity contribution in [2.75, 3.05) is 6.54 Å². The van der Waals surface area contributed by atoms with Gasteiger partial charge in [0.05, 0.1) is 6.54 Å². The van der Waals surface area contributed by atoms with Crippen LogP contribution in [-0.2, 0) is 0 Å². The van der Waals surface area contributed by atoms with Gasteiger partial charge in [0.1, 0.15) is 0 Å². The van der Waals surface area contributed by atoms with Crippen molar-refractivity contribution in [3.05, 3.63) is 0 Å². The predicted octanol–water partition coefficient (Wildman–Crippen LogP) is 2.57. The Hall–Kier alpha value is -0.390. The second kappa shape index (κ2) is 4.21. The van der Waals surface area contributed by atoms with Crippen LogP contribution in [0.15, 0.2) is 0 Å². The number of hydrogen-bond acceptors (Lipinski definition) is 1. The maximum Gasteiger partial charge on any atom is 0.454 e. The first-order valence-corrected chi connectivity index (χ1v) is 3.88. The van der Waals surface area contributed by atoms with Crippen LogP contribution < -0.4 is 5.32 Å². The minimum Gasteiger partial charge on any atom is -0.308 e. The molecule has 0 fully saturated rings. The zero-order valence-corrected chi connectivity index (χ0v) is 7.38. The summed E-state index contributed by atoms with van der Waals surface area (Å²) < 4.78 is 59.3. The molecule has 80 valence electrons. The van der Waals surface area contributed by atoms with Crippen LogP contribution >= 0.6 is 0 Å². The smallest absolute Gasteiger partial charge is 0.308 e. The average Bonchev–Trinajstić information content (AvgIpc) is 1.98. The van der Waals surface area contributed by atoms with E-state index in [1.54, 1.807) is 13.8 Å². The molecule has 13 heavy (non-hydrogen) atoms. The van der Waals surface area contributed by atoms with Gasteiger partial charge in [-0.2, -0.15) is 22.0 Å². The molecular weight excluding hydrogens is 193 g/mol. The molecule has 0 rings (SSSR count). The van der Waals surface area contributed by atoms with Gasteiger partial charge >= 0.3 is 12.1 Å². The highest BCUT2D eigenvalue weighted by Crippen LogP contribution is 2.34. The molecule has 0 aromatic heterocycles. The van der Waals surface area contributed by atoms with Gasteiger partial charge in [0, 0.05) is 6.04 Å². The van der Waals surface area contributed by atoms with E-state index in [0.29, 0.717) is 6.42 Å². The van der Waals surface area contributed by atoms with E-state index in [1.165, 1.54) is 0 Å². The molecule has 1 nitrogen and oxygen atoms in total. The average molecular weight is 205 g/mol. The van der Waals surface area contributed by atoms with Gasteiger partial charge in [0.15, 0.2) is 0 Å². The second-order valence-corrected chi connectivity index (χ2v) is 2.89. The van der Waals surface area contributed by atoms with E-state index in [4.69, 9.17) is 0 Å². The summed E-state index contributed by atoms with van der Waals surface area (Å²) in [5, 5.41) is 2.11. The van der Waals surface area contributed by atoms with Gasteiger partial charge in [0.25, 0.3) is 0 Å². The summed E-state index contributed by atoms with van der Waals surface area (Å²) in [4.78, 5) is 0. The summed E-state index contributed by atoms with van der Waals surface area (Å²) in [7, 11) is 0. The van der Waals surface area contributed by atoms with Crippen molar-refractivity contribution in [1.82, 2.24) is 5.32 Å². The highest BCUT2D eigenvalue weighted by Gasteiger charge is 2.56. The Morgan fingerprint density at radius 2 is 1.62 bits per heavy atom. The largest absolute Gasteiger partial charge is 0.454 e. The molecule has 0 spiro atoms. The third-order valence-electron chi connectivity index (χ3n) is 1.70. The standard InChI is InChI=1S/C7H12F5N/c1-3-5(2)13-4-6(8,9)7(10,11)12/h5,13H,3-4H2,1-2H3. The molecule has 0 radical (unpaired) electrons. The van der Waals surface area contributed by atoms with Gasteiger partial charge in [-0.3, -0.25) is 0 Å². The fourth-order valence-corrected chi connectivity index (χ4v) is 0.547. The topological polar surface area (TPSA) is 12.0 Å². The number of rotatable bonds is 4. The highest BCUT2D eigenvalue weighted by atomic mass is 19.4. The Morgan fingerprint density at radius 3 is 1.92 bits per heavy atom. The fraction of sp³-hybridized carbons (Fsp3) is 1.00. The highest BCUT2D eigenvalue weighted by molar-refractivity contribution is 4.79. The van der Waals surface area contributed by atoms with Crippen LogP contribution in [-0.4, -0.2) is 24.7 Å². The van der Waals surface area contributed by atoms with Crippen LogP contribution in [0.4, 0.5) is 22.0 Å². The van der Waals surface area contributed by atoms with Crippen molar-refractivity contribution in [2.24, 2.45) is 0 Å². The van der Waals surface area contributed by atoms with E-state index in [1.807, 2.05) is 0 Å². The molecule has 0 aliphatic heterocycles. The summed E-state index contributed by atoms with van der Waals surface area (Å²) in [6.45, 7) is 1.89. The minimum atomic E-state index is -5.46. The zero-order valence-electron chi connectivity index (χ0n) is 7.38. The molecule has 1 atom stereocenters. The molecule has 0 heterocycles. The van der Waals surface area contributed by atoms with Crippen LogP contribution in [0.3, 0.4) is 0 Å². The van der Waals surface area contributed by atoms with E-state index in [0.717, 1.165) is 0 Å². The lowest BCUT2D eigenvalue weighted by Gasteiger charge is -2.21. The van der Waals surface area contributed by atoms with Gasteiger partial charge in [-0.05, 0) is 13.3 Å². The first-order valence-electron chi connectivity index (χ1n) is 3.88. The van der Waals surface area contributed by atoms with E-state index in [-0.39, 0.29) is 6.04 Å². The molecule has 0 saturated heterocycles. The first kappa shape index (κ1) is 12.6. The molecule has 0 saturated carbocycles. The quantitative estimate of drug-likeness (QED) is 0.695. The van der Waals surface area contributed by atoms with Crippen LogP contribution in [0.2, 0.25) is 0 Å². The van der Waals surface area contributed by atoms with Crippen LogP contribution in [0.1, 0.15) is 20.3 Å². The molecule has 0 aromatic rings. The van der Waals surface area contributed by atoms with Gasteiger partial charge < -0.3 is 5.32 Å². The Morgan fingerprint density at radius 1 is 1.15 bits per heavy atom. The lowest BCUT2D eigenvalue weighted by Crippen LogP contribution is -2.47. The molecule has 0 amide bonds. The predicted molar refractivity (Wildman–Crippen MR) is 38.8 cm³/mol. The second-order valence-electron chi connectivity index (χ2n) is 2.89. The molecular formula is C7H12F5N. The molecule has 0 aromatic carbocycles. The Kier molecular flexibility index (Phi) is 4.09. The van der Waals surface area contributed by atoms with Crippen molar-refractivity contribution in [3.63, 3.8) is 0 Å². The lowest BCUT2D eigenvalue weighted by molar-refractivity contribution is -0.279. The monoisotopic (exact) mass is 205 g/mol. The lowest BCUT2D eigenvalue weighted by atomic mass is 10.2. The van der Waals surface area contributed by atoms with E-state index in [2.05, 4.69) is 5.32 Å². The summed E-state index contributed by atoms with van der Waals surface area (Å²) in [6.07, 6.45) is -4.96. The van der Waals surface area contributed by atoms with Gasteiger partial charge in [0.2, 0.25) is 0 Å². The van der Waals surface area contributed by atoms with Crippen molar-refractivity contribution in [1.29, 1.82) is 0 Å². The molecule has 0 aliphatic rings. The van der Waals surface area contributed by atoms with Crippen molar-refractivity contribution in [3.8, 4) is 0 Å². The maximum absolute atomic E-state index is 12.2. The SMILES string of the molecule is CCC(C)NCC(F)(F)C(F)(F)F. The number of nitrogens with one attached hydrogen (secondary N) is 1. The summed E-state index contributed by atoms with van der Waals surface area (Å²) in [6, 6.07) is -0.340. The van der Waals surface area contributed by atoms with Crippen molar-refractivity contribution < 1.29 is 22.0 Å². The number of halogens is 5. The van der Waals surface area contributed by atoms with E-state index < -0.39 is 18.6 Å². The summed E-state index contributed by atoms with van der Waals surface area (Å²) in [5.41, 5.74) is 0. The summed E-state index contributed by atoms with van der Waals surface area (Å²) in [5.74, 6) is -4.64. The first-order chi connectivity index (χ1) is 5.70. The van der Waals surface area contributed by atoms with E-state index in [9.17, 15) is 22.0 Å². The van der Waals surface area contributed by atoms with Crippen molar-refractivity contribution in [2.45, 2.75) is 38.4 Å². The number of alkyl halides is 5. The molecule has 1 unspecified atom stereocenters. The Bertz CT molecular complexity index is 153. The van der Waals surface area contributed by atoms with Gasteiger partial charge in [-0.1, -0.05) is 6.92 Å². The van der Waals surface area contributed by atoms with Crippen LogP contribution in [0.25, 0.3) is 0 Å². The molecule has 1 N–H and O–H groups in total. The molecule has 0 bridgehead atoms. The fourth-order valence-electron chi connectivity index (χ4n) is 0.547. The van der Waals surface area contributed by atoms with Crippen molar-refractivity contribution >= 4 is 0 Å². The molecule has 6 heteroatoms. The minimum absolute atomic E-state index is 0.340. The van der Waals surface area contributed by atoms with Crippen LogP contribution in [0, 0.1) is 0 Å². The number of hydrogen-bond donors (Lipinski definition) is 1. The van der Waals surface area contributed by atoms with Gasteiger partial charge in [-0.25, -0.2) is 0 Å². The third kappa shape index (κ3) is 3.89.